The molecule has 0 aliphatic rings. The number of hydrogen-bond donors (Lipinski definition) is 1. The van der Waals surface area contributed by atoms with Crippen molar-refractivity contribution in [3.8, 4) is 5.75 Å². The maximum absolute atomic E-state index is 12.4. The van der Waals surface area contributed by atoms with Crippen molar-refractivity contribution in [3.63, 3.8) is 0 Å². The summed E-state index contributed by atoms with van der Waals surface area (Å²) in [6, 6.07) is 18.1. The van der Waals surface area contributed by atoms with Gasteiger partial charge in [-0.3, -0.25) is 4.79 Å². The van der Waals surface area contributed by atoms with Crippen molar-refractivity contribution in [2.24, 2.45) is 0 Å². The molecular formula is C25H23N4O4S-. The third kappa shape index (κ3) is 5.20. The van der Waals surface area contributed by atoms with E-state index in [9.17, 15) is 14.7 Å². The first-order valence-corrected chi connectivity index (χ1v) is 11.7. The standard InChI is InChI=1S/C25H24N4O4S/c1-3-29-22(14-33-21-12-11-17-7-4-5-10-20(17)16(21)2)27-28-25(29)34-15-23(30)26-19-9-6-8-18(13-19)24(31)32/h4-13H,3,14-15H2,1-2H3,(H,26,30)(H,31,32)/p-1. The quantitative estimate of drug-likeness (QED) is 0.369. The molecule has 1 amide bonds. The van der Waals surface area contributed by atoms with E-state index < -0.39 is 5.97 Å². The maximum Gasteiger partial charge on any atom is 0.234 e. The van der Waals surface area contributed by atoms with Crippen LogP contribution in [0.25, 0.3) is 10.8 Å². The fourth-order valence-corrected chi connectivity index (χ4v) is 4.43. The molecule has 4 aromatic rings. The second-order valence-corrected chi connectivity index (χ2v) is 8.49. The summed E-state index contributed by atoms with van der Waals surface area (Å²) in [5.74, 6) is -0.0274. The molecule has 174 valence electrons. The first-order valence-electron chi connectivity index (χ1n) is 10.7. The molecular weight excluding hydrogens is 452 g/mol. The summed E-state index contributed by atoms with van der Waals surface area (Å²) in [5.41, 5.74) is 1.46. The molecule has 4 rings (SSSR count). The highest BCUT2D eigenvalue weighted by molar-refractivity contribution is 7.99. The van der Waals surface area contributed by atoms with Crippen molar-refractivity contribution >= 4 is 40.1 Å². The largest absolute Gasteiger partial charge is 0.545 e. The number of aromatic nitrogens is 3. The van der Waals surface area contributed by atoms with E-state index in [2.05, 4.69) is 27.6 Å². The number of fused-ring (bicyclic) bond motifs is 1. The zero-order chi connectivity index (χ0) is 24.1. The Kier molecular flexibility index (Phi) is 7.12. The number of amides is 1. The number of aryl methyl sites for hydroxylation is 1. The lowest BCUT2D eigenvalue weighted by molar-refractivity contribution is -0.255. The SMILES string of the molecule is CCn1c(COc2ccc3ccccc3c2C)nnc1SCC(=O)Nc1cccc(C(=O)[O-])c1. The zero-order valence-electron chi connectivity index (χ0n) is 18.8. The Morgan fingerprint density at radius 2 is 1.91 bits per heavy atom. The lowest BCUT2D eigenvalue weighted by Gasteiger charge is -2.12. The first-order chi connectivity index (χ1) is 16.5. The molecule has 0 bridgehead atoms. The minimum atomic E-state index is -1.30. The van der Waals surface area contributed by atoms with Gasteiger partial charge in [0.25, 0.3) is 0 Å². The van der Waals surface area contributed by atoms with Crippen LogP contribution in [-0.4, -0.2) is 32.4 Å². The van der Waals surface area contributed by atoms with Crippen LogP contribution in [0, 0.1) is 6.92 Å². The molecule has 1 heterocycles. The molecule has 8 nitrogen and oxygen atoms in total. The summed E-state index contributed by atoms with van der Waals surface area (Å²) in [6.45, 7) is 4.89. The van der Waals surface area contributed by atoms with Crippen molar-refractivity contribution in [1.29, 1.82) is 0 Å². The summed E-state index contributed by atoms with van der Waals surface area (Å²) in [4.78, 5) is 23.3. The van der Waals surface area contributed by atoms with Crippen molar-refractivity contribution < 1.29 is 19.4 Å². The smallest absolute Gasteiger partial charge is 0.234 e. The van der Waals surface area contributed by atoms with Crippen LogP contribution in [0.1, 0.15) is 28.7 Å². The number of aromatic carboxylic acids is 1. The van der Waals surface area contributed by atoms with Gasteiger partial charge in [-0.1, -0.05) is 54.2 Å². The number of carboxylic acid groups (broad SMARTS) is 1. The topological polar surface area (TPSA) is 109 Å². The molecule has 1 N–H and O–H groups in total. The van der Waals surface area contributed by atoms with E-state index in [0.29, 0.717) is 23.2 Å². The number of anilines is 1. The third-order valence-corrected chi connectivity index (χ3v) is 6.30. The van der Waals surface area contributed by atoms with Crippen LogP contribution in [0.4, 0.5) is 5.69 Å². The van der Waals surface area contributed by atoms with Crippen LogP contribution in [0.3, 0.4) is 0 Å². The minimum absolute atomic E-state index is 0.00229. The normalized spacial score (nSPS) is 10.9. The Morgan fingerprint density at radius 3 is 2.71 bits per heavy atom. The molecule has 3 aromatic carbocycles. The van der Waals surface area contributed by atoms with Crippen molar-refractivity contribution in [2.45, 2.75) is 32.2 Å². The Morgan fingerprint density at radius 1 is 1.09 bits per heavy atom. The molecule has 1 aromatic heterocycles. The van der Waals surface area contributed by atoms with Gasteiger partial charge < -0.3 is 24.5 Å². The average Bonchev–Trinajstić information content (AvgIpc) is 3.24. The minimum Gasteiger partial charge on any atom is -0.545 e. The predicted octanol–water partition coefficient (Wildman–Crippen LogP) is 3.43. The van der Waals surface area contributed by atoms with Crippen LogP contribution >= 0.6 is 11.8 Å². The van der Waals surface area contributed by atoms with Crippen molar-refractivity contribution in [2.75, 3.05) is 11.1 Å². The summed E-state index contributed by atoms with van der Waals surface area (Å²) in [5, 5.41) is 25.0. The lowest BCUT2D eigenvalue weighted by Crippen LogP contribution is -2.22. The number of hydrogen-bond acceptors (Lipinski definition) is 7. The van der Waals surface area contributed by atoms with E-state index in [1.54, 1.807) is 12.1 Å². The number of benzene rings is 3. The van der Waals surface area contributed by atoms with E-state index in [1.165, 1.54) is 23.9 Å². The average molecular weight is 476 g/mol. The molecule has 0 spiro atoms. The van der Waals surface area contributed by atoms with Crippen LogP contribution in [0.2, 0.25) is 0 Å². The molecule has 34 heavy (non-hydrogen) atoms. The molecule has 0 saturated carbocycles. The second kappa shape index (κ2) is 10.4. The second-order valence-electron chi connectivity index (χ2n) is 7.55. The Bertz CT molecular complexity index is 1350. The van der Waals surface area contributed by atoms with Crippen LogP contribution in [-0.2, 0) is 17.9 Å². The number of ether oxygens (including phenoxy) is 1. The van der Waals surface area contributed by atoms with Gasteiger partial charge in [-0.25, -0.2) is 0 Å². The van der Waals surface area contributed by atoms with Gasteiger partial charge in [-0.15, -0.1) is 10.2 Å². The Balaban J connectivity index is 1.39. The Labute approximate surface area is 201 Å². The number of nitrogens with zero attached hydrogens (tertiary/aromatic N) is 3. The van der Waals surface area contributed by atoms with Crippen LogP contribution in [0.15, 0.2) is 65.8 Å². The van der Waals surface area contributed by atoms with E-state index in [4.69, 9.17) is 4.74 Å². The van der Waals surface area contributed by atoms with Gasteiger partial charge in [0.1, 0.15) is 12.4 Å². The number of carbonyl (C=O) groups excluding carboxylic acids is 2. The van der Waals surface area contributed by atoms with Gasteiger partial charge in [0.05, 0.1) is 11.7 Å². The van der Waals surface area contributed by atoms with Gasteiger partial charge in [-0.05, 0) is 53.9 Å². The molecule has 0 aliphatic carbocycles. The van der Waals surface area contributed by atoms with Crippen LogP contribution in [0.5, 0.6) is 5.75 Å². The molecule has 0 radical (unpaired) electrons. The van der Waals surface area contributed by atoms with Gasteiger partial charge in [0.15, 0.2) is 11.0 Å². The number of carbonyl (C=O) groups is 2. The maximum atomic E-state index is 12.4. The summed E-state index contributed by atoms with van der Waals surface area (Å²) in [6.07, 6.45) is 0. The molecule has 9 heteroatoms. The number of rotatable bonds is 9. The van der Waals surface area contributed by atoms with E-state index in [0.717, 1.165) is 22.1 Å². The van der Waals surface area contributed by atoms with Gasteiger partial charge >= 0.3 is 0 Å². The zero-order valence-corrected chi connectivity index (χ0v) is 19.6. The highest BCUT2D eigenvalue weighted by Gasteiger charge is 2.15. The monoisotopic (exact) mass is 475 g/mol. The van der Waals surface area contributed by atoms with Crippen LogP contribution < -0.4 is 15.2 Å². The number of carboxylic acids is 1. The molecule has 0 saturated heterocycles. The number of thioether (sulfide) groups is 1. The number of nitrogens with one attached hydrogen (secondary N) is 1. The summed E-state index contributed by atoms with van der Waals surface area (Å²) < 4.78 is 7.96. The molecule has 0 unspecified atom stereocenters. The molecule has 0 fully saturated rings. The predicted molar refractivity (Wildman–Crippen MR) is 129 cm³/mol. The lowest BCUT2D eigenvalue weighted by atomic mass is 10.0. The summed E-state index contributed by atoms with van der Waals surface area (Å²) >= 11 is 1.25. The molecule has 0 aliphatic heterocycles. The van der Waals surface area contributed by atoms with E-state index in [-0.39, 0.29) is 23.8 Å². The summed E-state index contributed by atoms with van der Waals surface area (Å²) in [7, 11) is 0. The fourth-order valence-electron chi connectivity index (χ4n) is 3.61. The van der Waals surface area contributed by atoms with Gasteiger partial charge in [0, 0.05) is 12.2 Å². The highest BCUT2D eigenvalue weighted by Crippen LogP contribution is 2.28. The van der Waals surface area contributed by atoms with Crippen molar-refractivity contribution in [3.05, 3.63) is 77.6 Å². The first kappa shape index (κ1) is 23.3. The molecule has 0 atom stereocenters. The Hall–Kier alpha value is -3.85. The van der Waals surface area contributed by atoms with Crippen molar-refractivity contribution in [1.82, 2.24) is 14.8 Å². The van der Waals surface area contributed by atoms with E-state index >= 15 is 0 Å². The third-order valence-electron chi connectivity index (χ3n) is 5.33. The highest BCUT2D eigenvalue weighted by atomic mass is 32.2. The van der Waals surface area contributed by atoms with E-state index in [1.807, 2.05) is 42.7 Å². The fraction of sp³-hybridized carbons (Fsp3) is 0.200. The van der Waals surface area contributed by atoms with Gasteiger partial charge in [0.2, 0.25) is 5.91 Å². The van der Waals surface area contributed by atoms with Gasteiger partial charge in [-0.2, -0.15) is 0 Å².